The van der Waals surface area contributed by atoms with Gasteiger partial charge in [0.05, 0.1) is 18.7 Å². The molecule has 2 atom stereocenters. The molecule has 9 nitrogen and oxygen atoms in total. The fourth-order valence-electron chi connectivity index (χ4n) is 4.80. The number of aromatic hydroxyl groups is 1. The second-order valence-corrected chi connectivity index (χ2v) is 9.43. The summed E-state index contributed by atoms with van der Waals surface area (Å²) in [6.45, 7) is 10.4. The van der Waals surface area contributed by atoms with Crippen LogP contribution >= 0.6 is 0 Å². The highest BCUT2D eigenvalue weighted by atomic mass is 16.7. The van der Waals surface area contributed by atoms with Crippen LogP contribution in [0.1, 0.15) is 43.0 Å². The zero-order valence-corrected chi connectivity index (χ0v) is 23.6. The Balaban J connectivity index is 2.07. The standard InChI is InChI=1S/C30H39N3O6/c1-7-38-29(39-8-2)21(5)33(18-23-12-9-11-22-13-10-14-31-27(22)23)28(35)26(32-30(36)37-6)17-25-19(3)15-24(34)16-20(25)4/h9-16,21,26,29,34H,7-8,17-18H2,1-6H3,(H,32,36)/t21-,26-/m0/s1. The van der Waals surface area contributed by atoms with Crippen LogP contribution in [0.5, 0.6) is 5.75 Å². The van der Waals surface area contributed by atoms with Crippen LogP contribution < -0.4 is 5.32 Å². The molecular weight excluding hydrogens is 498 g/mol. The molecule has 2 aromatic carbocycles. The van der Waals surface area contributed by atoms with Crippen molar-refractivity contribution in [2.75, 3.05) is 20.3 Å². The van der Waals surface area contributed by atoms with Crippen molar-refractivity contribution in [1.82, 2.24) is 15.2 Å². The van der Waals surface area contributed by atoms with Crippen molar-refractivity contribution in [3.05, 3.63) is 70.9 Å². The normalized spacial score (nSPS) is 12.8. The van der Waals surface area contributed by atoms with Crippen LogP contribution in [0.3, 0.4) is 0 Å². The number of methoxy groups -OCH3 is 1. The van der Waals surface area contributed by atoms with E-state index in [2.05, 4.69) is 10.3 Å². The van der Waals surface area contributed by atoms with Crippen molar-refractivity contribution in [2.24, 2.45) is 0 Å². The van der Waals surface area contributed by atoms with E-state index in [1.54, 1.807) is 23.2 Å². The van der Waals surface area contributed by atoms with Gasteiger partial charge in [0.15, 0.2) is 6.29 Å². The number of nitrogens with one attached hydrogen (secondary N) is 1. The first-order valence-electron chi connectivity index (χ1n) is 13.2. The molecule has 210 valence electrons. The molecule has 0 bridgehead atoms. The molecule has 3 rings (SSSR count). The maximum absolute atomic E-state index is 14.4. The van der Waals surface area contributed by atoms with E-state index in [9.17, 15) is 14.7 Å². The average Bonchev–Trinajstić information content (AvgIpc) is 2.92. The van der Waals surface area contributed by atoms with Gasteiger partial charge < -0.3 is 29.5 Å². The predicted octanol–water partition coefficient (Wildman–Crippen LogP) is 4.64. The van der Waals surface area contributed by atoms with Crippen LogP contribution in [0.25, 0.3) is 10.9 Å². The van der Waals surface area contributed by atoms with E-state index in [0.717, 1.165) is 33.2 Å². The second-order valence-electron chi connectivity index (χ2n) is 9.43. The number of benzene rings is 2. The number of aromatic nitrogens is 1. The van der Waals surface area contributed by atoms with Crippen LogP contribution in [0.4, 0.5) is 4.79 Å². The monoisotopic (exact) mass is 537 g/mol. The van der Waals surface area contributed by atoms with Gasteiger partial charge in [-0.05, 0) is 75.1 Å². The summed E-state index contributed by atoms with van der Waals surface area (Å²) in [7, 11) is 1.26. The summed E-state index contributed by atoms with van der Waals surface area (Å²) in [4.78, 5) is 33.0. The molecule has 0 fully saturated rings. The molecule has 0 aliphatic rings. The van der Waals surface area contributed by atoms with Crippen molar-refractivity contribution < 1.29 is 28.9 Å². The van der Waals surface area contributed by atoms with Crippen LogP contribution in [0.15, 0.2) is 48.7 Å². The van der Waals surface area contributed by atoms with Gasteiger partial charge in [0, 0.05) is 37.8 Å². The average molecular weight is 538 g/mol. The van der Waals surface area contributed by atoms with Gasteiger partial charge >= 0.3 is 6.09 Å². The number of ether oxygens (including phenoxy) is 3. The maximum atomic E-state index is 14.4. The number of carbonyl (C=O) groups is 2. The lowest BCUT2D eigenvalue weighted by Gasteiger charge is -2.36. The fourth-order valence-corrected chi connectivity index (χ4v) is 4.80. The highest BCUT2D eigenvalue weighted by molar-refractivity contribution is 5.87. The topological polar surface area (TPSA) is 110 Å². The van der Waals surface area contributed by atoms with Crippen LogP contribution in [0, 0.1) is 13.8 Å². The fraction of sp³-hybridized carbons (Fsp3) is 0.433. The quantitative estimate of drug-likeness (QED) is 0.324. The van der Waals surface area contributed by atoms with Gasteiger partial charge in [-0.1, -0.05) is 24.3 Å². The molecule has 2 N–H and O–H groups in total. The number of nitrogens with zero attached hydrogens (tertiary/aromatic N) is 2. The minimum absolute atomic E-state index is 0.146. The summed E-state index contributed by atoms with van der Waals surface area (Å²) in [6, 6.07) is 11.5. The molecule has 0 saturated carbocycles. The third-order valence-electron chi connectivity index (χ3n) is 6.75. The molecule has 1 heterocycles. The van der Waals surface area contributed by atoms with Gasteiger partial charge in [-0.15, -0.1) is 0 Å². The first-order chi connectivity index (χ1) is 18.7. The third-order valence-corrected chi connectivity index (χ3v) is 6.75. The van der Waals surface area contributed by atoms with Crippen molar-refractivity contribution in [3.8, 4) is 5.75 Å². The lowest BCUT2D eigenvalue weighted by atomic mass is 9.95. The van der Waals surface area contributed by atoms with Crippen LogP contribution in [0.2, 0.25) is 0 Å². The first-order valence-corrected chi connectivity index (χ1v) is 13.2. The van der Waals surface area contributed by atoms with Gasteiger partial charge in [-0.25, -0.2) is 4.79 Å². The number of hydrogen-bond donors (Lipinski definition) is 2. The van der Waals surface area contributed by atoms with Crippen molar-refractivity contribution in [1.29, 1.82) is 0 Å². The Hall–Kier alpha value is -3.69. The van der Waals surface area contributed by atoms with Gasteiger partial charge in [0.25, 0.3) is 0 Å². The number of alkyl carbamates (subject to hydrolysis) is 1. The summed E-state index contributed by atoms with van der Waals surface area (Å²) >= 11 is 0. The number of pyridine rings is 1. The molecule has 0 unspecified atom stereocenters. The number of para-hydroxylation sites is 1. The minimum Gasteiger partial charge on any atom is -0.508 e. The Bertz CT molecular complexity index is 1250. The van der Waals surface area contributed by atoms with Gasteiger partial charge in [0.1, 0.15) is 11.8 Å². The highest BCUT2D eigenvalue weighted by Crippen LogP contribution is 2.25. The predicted molar refractivity (Wildman–Crippen MR) is 149 cm³/mol. The van der Waals surface area contributed by atoms with Gasteiger partial charge in [0.2, 0.25) is 5.91 Å². The Morgan fingerprint density at radius 2 is 1.69 bits per heavy atom. The van der Waals surface area contributed by atoms with Crippen molar-refractivity contribution in [3.63, 3.8) is 0 Å². The summed E-state index contributed by atoms with van der Waals surface area (Å²) in [6.07, 6.45) is 0.537. The molecule has 0 aliphatic carbocycles. The number of hydrogen-bond acceptors (Lipinski definition) is 7. The number of phenolic OH excluding ortho intramolecular Hbond substituents is 1. The zero-order valence-electron chi connectivity index (χ0n) is 23.6. The molecule has 9 heteroatoms. The Morgan fingerprint density at radius 3 is 2.31 bits per heavy atom. The van der Waals surface area contributed by atoms with Crippen LogP contribution in [-0.4, -0.2) is 65.7 Å². The van der Waals surface area contributed by atoms with E-state index in [4.69, 9.17) is 14.2 Å². The third kappa shape index (κ3) is 7.46. The molecule has 0 spiro atoms. The Labute approximate surface area is 230 Å². The molecule has 1 aromatic heterocycles. The van der Waals surface area contributed by atoms with E-state index in [-0.39, 0.29) is 24.6 Å². The van der Waals surface area contributed by atoms with E-state index < -0.39 is 24.5 Å². The number of carbonyl (C=O) groups excluding carboxylic acids is 2. The second kappa shape index (κ2) is 13.9. The number of rotatable bonds is 12. The van der Waals surface area contributed by atoms with Crippen molar-refractivity contribution >= 4 is 22.9 Å². The zero-order chi connectivity index (χ0) is 28.5. The van der Waals surface area contributed by atoms with Gasteiger partial charge in [-0.3, -0.25) is 9.78 Å². The minimum atomic E-state index is -0.950. The lowest BCUT2D eigenvalue weighted by molar-refractivity contribution is -0.179. The summed E-state index contributed by atoms with van der Waals surface area (Å²) in [5.41, 5.74) is 4.13. The smallest absolute Gasteiger partial charge is 0.407 e. The van der Waals surface area contributed by atoms with E-state index in [0.29, 0.717) is 13.2 Å². The summed E-state index contributed by atoms with van der Waals surface area (Å²) in [5.74, 6) is -0.176. The van der Waals surface area contributed by atoms with E-state index in [1.807, 2.05) is 65.0 Å². The van der Waals surface area contributed by atoms with Crippen LogP contribution in [-0.2, 0) is 32.0 Å². The molecule has 39 heavy (non-hydrogen) atoms. The largest absolute Gasteiger partial charge is 0.508 e. The highest BCUT2D eigenvalue weighted by Gasteiger charge is 2.34. The number of amides is 2. The van der Waals surface area contributed by atoms with E-state index in [1.165, 1.54) is 7.11 Å². The molecule has 0 aliphatic heterocycles. The first kappa shape index (κ1) is 29.9. The SMILES string of the molecule is CCOC(OCC)[C@H](C)N(Cc1cccc2cccnc12)C(=O)[C@H](Cc1c(C)cc(O)cc1C)NC(=O)OC. The molecule has 2 amide bonds. The summed E-state index contributed by atoms with van der Waals surface area (Å²) in [5, 5.41) is 13.7. The van der Waals surface area contributed by atoms with E-state index >= 15 is 0 Å². The molecule has 0 radical (unpaired) electrons. The van der Waals surface area contributed by atoms with Gasteiger partial charge in [-0.2, -0.15) is 0 Å². The molecular formula is C30H39N3O6. The number of fused-ring (bicyclic) bond motifs is 1. The maximum Gasteiger partial charge on any atom is 0.407 e. The Morgan fingerprint density at radius 1 is 1.05 bits per heavy atom. The number of phenols is 1. The van der Waals surface area contributed by atoms with Crippen molar-refractivity contribution in [2.45, 2.75) is 66.0 Å². The lowest BCUT2D eigenvalue weighted by Crippen LogP contribution is -2.55. The number of aryl methyl sites for hydroxylation is 2. The molecule has 3 aromatic rings. The summed E-state index contributed by atoms with van der Waals surface area (Å²) < 4.78 is 16.6. The molecule has 0 saturated heterocycles. The Kier molecular flexibility index (Phi) is 10.7.